The third-order valence-electron chi connectivity index (χ3n) is 5.83. The summed E-state index contributed by atoms with van der Waals surface area (Å²) in [5.41, 5.74) is 2.02. The predicted molar refractivity (Wildman–Crippen MR) is 123 cm³/mol. The summed E-state index contributed by atoms with van der Waals surface area (Å²) in [4.78, 5) is 39.7. The Morgan fingerprint density at radius 3 is 2.59 bits per heavy atom. The summed E-state index contributed by atoms with van der Waals surface area (Å²) in [5, 5.41) is 11.3. The molecule has 9 nitrogen and oxygen atoms in total. The first-order valence-corrected chi connectivity index (χ1v) is 10.7. The van der Waals surface area contributed by atoms with Crippen molar-refractivity contribution < 1.29 is 24.2 Å². The number of rotatable bonds is 3. The highest BCUT2D eigenvalue weighted by Gasteiger charge is 2.49. The first-order chi connectivity index (χ1) is 16.6. The number of ether oxygens (including phenoxy) is 2. The second-order valence-corrected chi connectivity index (χ2v) is 7.86. The highest BCUT2D eigenvalue weighted by molar-refractivity contribution is 6.51. The number of benzene rings is 2. The van der Waals surface area contributed by atoms with Gasteiger partial charge in [0.05, 0.1) is 22.3 Å². The monoisotopic (exact) mass is 454 g/mol. The molecule has 1 unspecified atom stereocenters. The fraction of sp³-hybridized carbons (Fsp3) is 0.120. The molecule has 9 heteroatoms. The SMILES string of the molecule is O=C1C(=O)N(c2nc3ccccc3[nH]2)C(c2ccccn2)/C1=C(\O)c1ccc2c(c1)OCCO2. The molecule has 168 valence electrons. The third kappa shape index (κ3) is 3.09. The van der Waals surface area contributed by atoms with Crippen LogP contribution in [0.5, 0.6) is 11.5 Å². The molecule has 34 heavy (non-hydrogen) atoms. The van der Waals surface area contributed by atoms with E-state index in [0.717, 1.165) is 0 Å². The Morgan fingerprint density at radius 2 is 1.79 bits per heavy atom. The van der Waals surface area contributed by atoms with Gasteiger partial charge in [0.2, 0.25) is 5.95 Å². The van der Waals surface area contributed by atoms with Crippen LogP contribution in [-0.4, -0.2) is 45.0 Å². The Labute approximate surface area is 193 Å². The zero-order valence-corrected chi connectivity index (χ0v) is 17.8. The number of fused-ring (bicyclic) bond motifs is 2. The van der Waals surface area contributed by atoms with Gasteiger partial charge in [-0.25, -0.2) is 4.98 Å². The largest absolute Gasteiger partial charge is 0.507 e. The minimum absolute atomic E-state index is 0.0826. The summed E-state index contributed by atoms with van der Waals surface area (Å²) in [5.74, 6) is -0.773. The van der Waals surface area contributed by atoms with Crippen molar-refractivity contribution in [2.45, 2.75) is 6.04 Å². The highest BCUT2D eigenvalue weighted by atomic mass is 16.6. The van der Waals surface area contributed by atoms with E-state index in [-0.39, 0.29) is 17.3 Å². The average Bonchev–Trinajstić information content (AvgIpc) is 3.42. The molecule has 1 amide bonds. The number of anilines is 1. The van der Waals surface area contributed by atoms with E-state index in [0.29, 0.717) is 47.0 Å². The summed E-state index contributed by atoms with van der Waals surface area (Å²) in [7, 11) is 0. The van der Waals surface area contributed by atoms with Gasteiger partial charge in [-0.2, -0.15) is 0 Å². The quantitative estimate of drug-likeness (QED) is 0.277. The van der Waals surface area contributed by atoms with E-state index in [9.17, 15) is 14.7 Å². The van der Waals surface area contributed by atoms with Crippen molar-refractivity contribution >= 4 is 34.4 Å². The zero-order valence-electron chi connectivity index (χ0n) is 17.8. The van der Waals surface area contributed by atoms with Crippen molar-refractivity contribution in [2.75, 3.05) is 18.1 Å². The number of para-hydroxylation sites is 2. The molecule has 1 fully saturated rings. The van der Waals surface area contributed by atoms with E-state index in [2.05, 4.69) is 15.0 Å². The number of hydrogen-bond acceptors (Lipinski definition) is 7. The maximum atomic E-state index is 13.3. The lowest BCUT2D eigenvalue weighted by Crippen LogP contribution is -2.30. The van der Waals surface area contributed by atoms with Crippen LogP contribution in [0.3, 0.4) is 0 Å². The number of ketones is 1. The molecule has 0 radical (unpaired) electrons. The zero-order chi connectivity index (χ0) is 23.2. The minimum atomic E-state index is -0.977. The maximum absolute atomic E-state index is 13.3. The molecule has 2 aliphatic heterocycles. The van der Waals surface area contributed by atoms with Gasteiger partial charge in [-0.1, -0.05) is 18.2 Å². The number of carbonyl (C=O) groups excluding carboxylic acids is 2. The lowest BCUT2D eigenvalue weighted by Gasteiger charge is -2.22. The van der Waals surface area contributed by atoms with Crippen molar-refractivity contribution in [3.63, 3.8) is 0 Å². The van der Waals surface area contributed by atoms with Gasteiger partial charge < -0.3 is 19.6 Å². The lowest BCUT2D eigenvalue weighted by atomic mass is 9.98. The third-order valence-corrected chi connectivity index (χ3v) is 5.83. The van der Waals surface area contributed by atoms with Crippen LogP contribution in [-0.2, 0) is 9.59 Å². The predicted octanol–water partition coefficient (Wildman–Crippen LogP) is 3.36. The van der Waals surface area contributed by atoms with Crippen LogP contribution in [0.15, 0.2) is 72.4 Å². The van der Waals surface area contributed by atoms with Gasteiger partial charge in [-0.3, -0.25) is 19.5 Å². The molecule has 0 aliphatic carbocycles. The fourth-order valence-electron chi connectivity index (χ4n) is 4.27. The van der Waals surface area contributed by atoms with Crippen LogP contribution >= 0.6 is 0 Å². The molecular weight excluding hydrogens is 436 g/mol. The summed E-state index contributed by atoms with van der Waals surface area (Å²) in [6.07, 6.45) is 1.57. The van der Waals surface area contributed by atoms with Crippen LogP contribution in [0.4, 0.5) is 5.95 Å². The smallest absolute Gasteiger partial charge is 0.302 e. The van der Waals surface area contributed by atoms with E-state index in [4.69, 9.17) is 9.47 Å². The van der Waals surface area contributed by atoms with Crippen molar-refractivity contribution in [1.29, 1.82) is 0 Å². The van der Waals surface area contributed by atoms with E-state index in [1.165, 1.54) is 4.90 Å². The Balaban J connectivity index is 1.53. The number of aromatic nitrogens is 3. The fourth-order valence-corrected chi connectivity index (χ4v) is 4.27. The van der Waals surface area contributed by atoms with Crippen molar-refractivity contribution in [3.8, 4) is 11.5 Å². The van der Waals surface area contributed by atoms with Gasteiger partial charge in [-0.05, 0) is 42.5 Å². The van der Waals surface area contributed by atoms with Gasteiger partial charge in [0.25, 0.3) is 5.78 Å². The Morgan fingerprint density at radius 1 is 1.00 bits per heavy atom. The van der Waals surface area contributed by atoms with Gasteiger partial charge in [0.1, 0.15) is 25.0 Å². The second-order valence-electron chi connectivity index (χ2n) is 7.86. The molecule has 2 aliphatic rings. The van der Waals surface area contributed by atoms with Gasteiger partial charge in [-0.15, -0.1) is 0 Å². The topological polar surface area (TPSA) is 118 Å². The molecule has 4 aromatic rings. The van der Waals surface area contributed by atoms with Crippen LogP contribution in [0, 0.1) is 0 Å². The average molecular weight is 454 g/mol. The molecule has 2 aromatic heterocycles. The Bertz CT molecular complexity index is 1440. The van der Waals surface area contributed by atoms with Crippen LogP contribution in [0.1, 0.15) is 17.3 Å². The number of aliphatic hydroxyl groups excluding tert-OH is 1. The molecule has 1 saturated heterocycles. The number of hydrogen-bond donors (Lipinski definition) is 2. The number of nitrogens with one attached hydrogen (secondary N) is 1. The first-order valence-electron chi connectivity index (χ1n) is 10.7. The number of H-pyrrole nitrogens is 1. The number of amides is 1. The molecule has 0 spiro atoms. The minimum Gasteiger partial charge on any atom is -0.507 e. The molecule has 2 aromatic carbocycles. The molecular formula is C25H18N4O5. The summed E-state index contributed by atoms with van der Waals surface area (Å²) < 4.78 is 11.2. The molecule has 0 bridgehead atoms. The Kier molecular flexibility index (Phi) is 4.54. The van der Waals surface area contributed by atoms with E-state index in [1.807, 2.05) is 18.2 Å². The van der Waals surface area contributed by atoms with Gasteiger partial charge in [0, 0.05) is 11.8 Å². The number of aromatic amines is 1. The standard InChI is InChI=1S/C25H18N4O5/c30-22(14-8-9-18-19(13-14)34-12-11-33-18)20-21(17-7-3-4-10-26-17)29(24(32)23(20)31)25-27-15-5-1-2-6-16(15)28-25/h1-10,13,21,30H,11-12H2,(H,27,28)/b22-20+. The van der Waals surface area contributed by atoms with Crippen LogP contribution in [0.25, 0.3) is 16.8 Å². The molecule has 6 rings (SSSR count). The van der Waals surface area contributed by atoms with Crippen LogP contribution in [0.2, 0.25) is 0 Å². The number of imidazole rings is 1. The van der Waals surface area contributed by atoms with Gasteiger partial charge >= 0.3 is 5.91 Å². The highest BCUT2D eigenvalue weighted by Crippen LogP contribution is 2.42. The molecule has 4 heterocycles. The lowest BCUT2D eigenvalue weighted by molar-refractivity contribution is -0.132. The van der Waals surface area contributed by atoms with E-state index >= 15 is 0 Å². The Hall–Kier alpha value is -4.66. The summed E-state index contributed by atoms with van der Waals surface area (Å²) in [6.45, 7) is 0.808. The summed E-state index contributed by atoms with van der Waals surface area (Å²) >= 11 is 0. The molecule has 1 atom stereocenters. The van der Waals surface area contributed by atoms with Crippen LogP contribution < -0.4 is 14.4 Å². The number of pyridine rings is 1. The second kappa shape index (κ2) is 7.73. The van der Waals surface area contributed by atoms with Crippen molar-refractivity contribution in [3.05, 3.63) is 83.7 Å². The van der Waals surface area contributed by atoms with E-state index < -0.39 is 17.7 Å². The molecule has 2 N–H and O–H groups in total. The number of carbonyl (C=O) groups is 2. The summed E-state index contributed by atoms with van der Waals surface area (Å²) in [6, 6.07) is 16.4. The van der Waals surface area contributed by atoms with Crippen molar-refractivity contribution in [1.82, 2.24) is 15.0 Å². The van der Waals surface area contributed by atoms with Gasteiger partial charge in [0.15, 0.2) is 11.5 Å². The number of nitrogens with zero attached hydrogens (tertiary/aromatic N) is 3. The molecule has 0 saturated carbocycles. The number of Topliss-reactive ketones (excluding diaryl/α,β-unsaturated/α-hetero) is 1. The van der Waals surface area contributed by atoms with Crippen molar-refractivity contribution in [2.24, 2.45) is 0 Å². The van der Waals surface area contributed by atoms with E-state index in [1.54, 1.807) is 48.7 Å². The maximum Gasteiger partial charge on any atom is 0.302 e. The first kappa shape index (κ1) is 20.0. The normalized spacial score (nSPS) is 19.1. The number of aliphatic hydroxyl groups is 1.